The normalized spacial score (nSPS) is 11.1. The van der Waals surface area contributed by atoms with Gasteiger partial charge in [-0.3, -0.25) is 9.97 Å². The number of hydrogen-bond donors (Lipinski definition) is 0. The molecule has 0 N–H and O–H groups in total. The first-order valence-electron chi connectivity index (χ1n) is 5.27. The summed E-state index contributed by atoms with van der Waals surface area (Å²) in [6.45, 7) is 1.89. The maximum atomic E-state index is 6.10. The van der Waals surface area contributed by atoms with Crippen molar-refractivity contribution >= 4 is 28.8 Å². The number of nitrogens with zero attached hydrogens (tertiary/aromatic N) is 4. The molecule has 0 aliphatic rings. The predicted octanol–water partition coefficient (Wildman–Crippen LogP) is 3.41. The zero-order valence-electron chi connectivity index (χ0n) is 9.43. The molecule has 3 aromatic rings. The molecule has 0 aromatic carbocycles. The van der Waals surface area contributed by atoms with Gasteiger partial charge in [0.25, 0.3) is 0 Å². The Morgan fingerprint density at radius 2 is 1.89 bits per heavy atom. The average Bonchev–Trinajstić information content (AvgIpc) is 2.73. The van der Waals surface area contributed by atoms with Crippen molar-refractivity contribution in [1.29, 1.82) is 0 Å². The lowest BCUT2D eigenvalue weighted by Crippen LogP contribution is -1.90. The second-order valence-corrected chi connectivity index (χ2v) is 4.70. The Morgan fingerprint density at radius 1 is 1.11 bits per heavy atom. The Balaban J connectivity index is 2.26. The summed E-state index contributed by atoms with van der Waals surface area (Å²) >= 11 is 12.0. The van der Waals surface area contributed by atoms with Gasteiger partial charge < -0.3 is 4.40 Å². The quantitative estimate of drug-likeness (QED) is 0.685. The summed E-state index contributed by atoms with van der Waals surface area (Å²) in [7, 11) is 0. The van der Waals surface area contributed by atoms with E-state index in [1.165, 1.54) is 0 Å². The van der Waals surface area contributed by atoms with E-state index in [-0.39, 0.29) is 0 Å². The second-order valence-electron chi connectivity index (χ2n) is 3.85. The van der Waals surface area contributed by atoms with Gasteiger partial charge in [-0.2, -0.15) is 0 Å². The Morgan fingerprint density at radius 3 is 2.67 bits per heavy atom. The highest BCUT2D eigenvalue weighted by molar-refractivity contribution is 6.36. The van der Waals surface area contributed by atoms with E-state index >= 15 is 0 Å². The van der Waals surface area contributed by atoms with Gasteiger partial charge in [-0.25, -0.2) is 4.98 Å². The summed E-state index contributed by atoms with van der Waals surface area (Å²) in [6.07, 6.45) is 6.88. The molecule has 90 valence electrons. The van der Waals surface area contributed by atoms with Gasteiger partial charge in [0.05, 0.1) is 15.7 Å². The van der Waals surface area contributed by atoms with Crippen molar-refractivity contribution in [3.8, 4) is 11.4 Å². The highest BCUT2D eigenvalue weighted by Gasteiger charge is 2.11. The lowest BCUT2D eigenvalue weighted by Gasteiger charge is -1.97. The van der Waals surface area contributed by atoms with Gasteiger partial charge in [-0.1, -0.05) is 23.2 Å². The third-order valence-corrected chi connectivity index (χ3v) is 3.08. The van der Waals surface area contributed by atoms with Crippen LogP contribution in [0.4, 0.5) is 0 Å². The lowest BCUT2D eigenvalue weighted by atomic mass is 10.2. The summed E-state index contributed by atoms with van der Waals surface area (Å²) in [5, 5.41) is 1.07. The molecule has 0 radical (unpaired) electrons. The molecule has 3 aromatic heterocycles. The molecule has 0 saturated heterocycles. The SMILES string of the molecule is Cc1nccnc1-c1cn2cc(Cl)cc(Cl)c2n1. The van der Waals surface area contributed by atoms with Crippen LogP contribution in [-0.2, 0) is 0 Å². The highest BCUT2D eigenvalue weighted by atomic mass is 35.5. The molecule has 0 fully saturated rings. The van der Waals surface area contributed by atoms with Crippen molar-refractivity contribution in [3.63, 3.8) is 0 Å². The number of imidazole rings is 1. The fourth-order valence-corrected chi connectivity index (χ4v) is 2.33. The zero-order chi connectivity index (χ0) is 12.7. The van der Waals surface area contributed by atoms with Crippen LogP contribution >= 0.6 is 23.2 Å². The molecule has 3 heterocycles. The van der Waals surface area contributed by atoms with E-state index in [4.69, 9.17) is 23.2 Å². The molecule has 0 aliphatic heterocycles. The minimum Gasteiger partial charge on any atom is -0.304 e. The second kappa shape index (κ2) is 4.23. The van der Waals surface area contributed by atoms with Gasteiger partial charge in [0.2, 0.25) is 0 Å². The number of hydrogen-bond acceptors (Lipinski definition) is 3. The van der Waals surface area contributed by atoms with Crippen LogP contribution in [0.2, 0.25) is 10.0 Å². The van der Waals surface area contributed by atoms with E-state index in [9.17, 15) is 0 Å². The fourth-order valence-electron chi connectivity index (χ4n) is 1.80. The first kappa shape index (κ1) is 11.4. The lowest BCUT2D eigenvalue weighted by molar-refractivity contribution is 1.11. The van der Waals surface area contributed by atoms with E-state index in [0.29, 0.717) is 15.7 Å². The molecule has 0 saturated carbocycles. The van der Waals surface area contributed by atoms with E-state index in [1.807, 2.05) is 13.1 Å². The molecular formula is C12H8Cl2N4. The average molecular weight is 279 g/mol. The van der Waals surface area contributed by atoms with E-state index in [0.717, 1.165) is 17.1 Å². The maximum absolute atomic E-state index is 6.10. The number of pyridine rings is 1. The van der Waals surface area contributed by atoms with Crippen LogP contribution in [0, 0.1) is 6.92 Å². The smallest absolute Gasteiger partial charge is 0.156 e. The van der Waals surface area contributed by atoms with Crippen LogP contribution in [0.15, 0.2) is 30.9 Å². The molecule has 0 spiro atoms. The molecule has 0 amide bonds. The molecule has 0 bridgehead atoms. The van der Waals surface area contributed by atoms with Crippen LogP contribution in [0.3, 0.4) is 0 Å². The molecule has 0 aliphatic carbocycles. The molecule has 6 heteroatoms. The number of halogens is 2. The first-order chi connectivity index (χ1) is 8.65. The van der Waals surface area contributed by atoms with Gasteiger partial charge >= 0.3 is 0 Å². The van der Waals surface area contributed by atoms with Crippen molar-refractivity contribution in [2.75, 3.05) is 0 Å². The van der Waals surface area contributed by atoms with Gasteiger partial charge in [0.15, 0.2) is 5.65 Å². The number of rotatable bonds is 1. The molecule has 0 unspecified atom stereocenters. The third-order valence-electron chi connectivity index (χ3n) is 2.60. The van der Waals surface area contributed by atoms with E-state index in [1.54, 1.807) is 29.1 Å². The fraction of sp³-hybridized carbons (Fsp3) is 0.0833. The van der Waals surface area contributed by atoms with Crippen molar-refractivity contribution in [2.45, 2.75) is 6.92 Å². The molecule has 4 nitrogen and oxygen atoms in total. The standard InChI is InChI=1S/C12H8Cl2N4/c1-7-11(16-3-2-15-7)10-6-18-5-8(13)4-9(14)12(18)17-10/h2-6H,1H3. The van der Waals surface area contributed by atoms with Crippen LogP contribution < -0.4 is 0 Å². The van der Waals surface area contributed by atoms with E-state index < -0.39 is 0 Å². The Bertz CT molecular complexity index is 736. The maximum Gasteiger partial charge on any atom is 0.156 e. The Hall–Kier alpha value is -1.65. The third kappa shape index (κ3) is 1.83. The van der Waals surface area contributed by atoms with Crippen molar-refractivity contribution in [3.05, 3.63) is 46.6 Å². The summed E-state index contributed by atoms with van der Waals surface area (Å²) in [5.74, 6) is 0. The molecular weight excluding hydrogens is 271 g/mol. The van der Waals surface area contributed by atoms with Crippen molar-refractivity contribution in [1.82, 2.24) is 19.4 Å². The summed E-state index contributed by atoms with van der Waals surface area (Å²) < 4.78 is 1.79. The molecule has 3 rings (SSSR count). The number of aryl methyl sites for hydroxylation is 1. The molecule has 18 heavy (non-hydrogen) atoms. The van der Waals surface area contributed by atoms with Gasteiger partial charge in [-0.15, -0.1) is 0 Å². The van der Waals surface area contributed by atoms with Crippen molar-refractivity contribution in [2.24, 2.45) is 0 Å². The minimum atomic E-state index is 0.510. The summed E-state index contributed by atoms with van der Waals surface area (Å²) in [6, 6.07) is 1.67. The van der Waals surface area contributed by atoms with E-state index in [2.05, 4.69) is 15.0 Å². The van der Waals surface area contributed by atoms with Crippen LogP contribution in [0.25, 0.3) is 17.0 Å². The first-order valence-corrected chi connectivity index (χ1v) is 6.02. The largest absolute Gasteiger partial charge is 0.304 e. The summed E-state index contributed by atoms with van der Waals surface area (Å²) in [5.41, 5.74) is 2.95. The van der Waals surface area contributed by atoms with Crippen molar-refractivity contribution < 1.29 is 0 Å². The van der Waals surface area contributed by atoms with Gasteiger partial charge in [0, 0.05) is 24.8 Å². The topological polar surface area (TPSA) is 43.1 Å². The zero-order valence-corrected chi connectivity index (χ0v) is 10.9. The predicted molar refractivity (Wildman–Crippen MR) is 71.0 cm³/mol. The van der Waals surface area contributed by atoms with Gasteiger partial charge in [0.1, 0.15) is 11.4 Å². The van der Waals surface area contributed by atoms with Crippen LogP contribution in [-0.4, -0.2) is 19.4 Å². The summed E-state index contributed by atoms with van der Waals surface area (Å²) in [4.78, 5) is 12.9. The van der Waals surface area contributed by atoms with Gasteiger partial charge in [-0.05, 0) is 13.0 Å². The van der Waals surface area contributed by atoms with Crippen LogP contribution in [0.1, 0.15) is 5.69 Å². The number of aromatic nitrogens is 4. The Labute approximate surface area is 113 Å². The Kier molecular flexibility index (Phi) is 2.69. The highest BCUT2D eigenvalue weighted by Crippen LogP contribution is 2.25. The minimum absolute atomic E-state index is 0.510. The van der Waals surface area contributed by atoms with Crippen LogP contribution in [0.5, 0.6) is 0 Å². The number of fused-ring (bicyclic) bond motifs is 1. The molecule has 0 atom stereocenters. The monoisotopic (exact) mass is 278 g/mol.